The number of carbonyl (C=O) groups is 6. The van der Waals surface area contributed by atoms with E-state index in [0.29, 0.717) is 5.56 Å². The quantitative estimate of drug-likeness (QED) is 0.0367. The molecule has 0 aliphatic carbocycles. The van der Waals surface area contributed by atoms with Gasteiger partial charge >= 0.3 is 29.8 Å². The summed E-state index contributed by atoms with van der Waals surface area (Å²) in [5.41, 5.74) is 0.302. The number of nitrogens with zero attached hydrogens (tertiary/aromatic N) is 3. The molecule has 1 aromatic carbocycles. The van der Waals surface area contributed by atoms with Crippen LogP contribution in [0.3, 0.4) is 0 Å². The van der Waals surface area contributed by atoms with Crippen molar-refractivity contribution in [1.82, 2.24) is 5.32 Å². The second-order valence-electron chi connectivity index (χ2n) is 9.61. The van der Waals surface area contributed by atoms with Gasteiger partial charge in [0.15, 0.2) is 25.4 Å². The molecule has 0 saturated carbocycles. The van der Waals surface area contributed by atoms with Crippen LogP contribution in [0.15, 0.2) is 24.3 Å². The molecule has 0 heterocycles. The van der Waals surface area contributed by atoms with E-state index in [9.17, 15) is 59.1 Å². The summed E-state index contributed by atoms with van der Waals surface area (Å²) in [7, 11) is 0. The van der Waals surface area contributed by atoms with E-state index in [1.807, 2.05) is 0 Å². The number of rotatable bonds is 23. The van der Waals surface area contributed by atoms with Crippen LogP contribution in [0.2, 0.25) is 0 Å². The smallest absolute Gasteiger partial charge is 0.352 e. The SMILES string of the molecule is CC(OC(=O)COC(=O)C(Cc1ccc(OC(=O)C(C)OC(=O)C(C)O[N+](=O)[O-])cc1)NC(=O)CO[N+](=O)[O-])C(=O)OCCCCO[N+](=O)[O-]. The van der Waals surface area contributed by atoms with E-state index in [-0.39, 0.29) is 38.2 Å². The molecule has 0 fully saturated rings. The Hall–Kier alpha value is -6.36. The molecule has 50 heavy (non-hydrogen) atoms. The molecular weight excluding hydrogens is 688 g/mol. The van der Waals surface area contributed by atoms with Crippen molar-refractivity contribution in [3.63, 3.8) is 0 Å². The number of esters is 5. The van der Waals surface area contributed by atoms with Gasteiger partial charge in [0.25, 0.3) is 15.3 Å². The van der Waals surface area contributed by atoms with Crippen LogP contribution in [0, 0.1) is 30.3 Å². The standard InChI is InChI=1S/C26H32N4O20/c1-15(23(33)43-10-4-5-11-45-28(37)38)47-22(32)14-44-26(36)20(27-21(31)13-46-29(39)40)12-18-6-8-19(9-7-18)49-24(34)16(2)48-25(35)17(3)50-30(41)42/h6-9,15-17,20H,4-5,10-14H2,1-3H3,(H,27,31). The van der Waals surface area contributed by atoms with E-state index in [0.717, 1.165) is 13.8 Å². The maximum atomic E-state index is 12.8. The lowest BCUT2D eigenvalue weighted by molar-refractivity contribution is -0.764. The molecule has 0 aromatic heterocycles. The molecule has 4 atom stereocenters. The van der Waals surface area contributed by atoms with Crippen LogP contribution in [0.4, 0.5) is 0 Å². The van der Waals surface area contributed by atoms with Gasteiger partial charge in [0.05, 0.1) is 13.2 Å². The van der Waals surface area contributed by atoms with Gasteiger partial charge in [0.1, 0.15) is 11.8 Å². The molecule has 0 bridgehead atoms. The first-order valence-corrected chi connectivity index (χ1v) is 14.2. The number of ether oxygens (including phenoxy) is 5. The maximum Gasteiger partial charge on any atom is 0.352 e. The van der Waals surface area contributed by atoms with Crippen LogP contribution in [-0.2, 0) is 68.6 Å². The van der Waals surface area contributed by atoms with Crippen LogP contribution in [0.5, 0.6) is 5.75 Å². The summed E-state index contributed by atoms with van der Waals surface area (Å²) in [6, 6.07) is 3.62. The van der Waals surface area contributed by atoms with Crippen molar-refractivity contribution in [3.8, 4) is 5.75 Å². The topological polar surface area (TPSA) is 318 Å². The molecule has 0 saturated heterocycles. The van der Waals surface area contributed by atoms with E-state index in [4.69, 9.17) is 23.7 Å². The monoisotopic (exact) mass is 720 g/mol. The number of unbranched alkanes of at least 4 members (excludes halogenated alkanes) is 1. The van der Waals surface area contributed by atoms with Gasteiger partial charge in [-0.15, -0.1) is 30.3 Å². The Kier molecular flexibility index (Phi) is 17.9. The van der Waals surface area contributed by atoms with Crippen LogP contribution < -0.4 is 10.1 Å². The summed E-state index contributed by atoms with van der Waals surface area (Å²) in [5.74, 6) is -6.80. The fourth-order valence-corrected chi connectivity index (χ4v) is 3.30. The van der Waals surface area contributed by atoms with E-state index in [1.165, 1.54) is 31.2 Å². The second-order valence-corrected chi connectivity index (χ2v) is 9.61. The Balaban J connectivity index is 2.76. The molecule has 24 heteroatoms. The zero-order valence-corrected chi connectivity index (χ0v) is 26.6. The maximum absolute atomic E-state index is 12.8. The fraction of sp³-hybridized carbons (Fsp3) is 0.538. The van der Waals surface area contributed by atoms with Gasteiger partial charge in [-0.1, -0.05) is 12.1 Å². The van der Waals surface area contributed by atoms with E-state index >= 15 is 0 Å². The lowest BCUT2D eigenvalue weighted by atomic mass is 10.1. The highest BCUT2D eigenvalue weighted by atomic mass is 17.0. The molecule has 1 aromatic rings. The highest BCUT2D eigenvalue weighted by molar-refractivity contribution is 5.87. The van der Waals surface area contributed by atoms with Crippen LogP contribution in [0.1, 0.15) is 39.2 Å². The molecule has 0 aliphatic rings. The van der Waals surface area contributed by atoms with Gasteiger partial charge in [-0.3, -0.25) is 9.63 Å². The van der Waals surface area contributed by atoms with Crippen molar-refractivity contribution in [2.45, 2.75) is 64.4 Å². The predicted molar refractivity (Wildman–Crippen MR) is 153 cm³/mol. The van der Waals surface area contributed by atoms with E-state index < -0.39 is 88.6 Å². The van der Waals surface area contributed by atoms with Crippen molar-refractivity contribution >= 4 is 35.8 Å². The van der Waals surface area contributed by atoms with Gasteiger partial charge in [-0.05, 0) is 51.3 Å². The Bertz CT molecular complexity index is 1390. The van der Waals surface area contributed by atoms with Gasteiger partial charge < -0.3 is 38.7 Å². The third-order valence-corrected chi connectivity index (χ3v) is 5.66. The highest BCUT2D eigenvalue weighted by Gasteiger charge is 2.27. The molecule has 4 unspecified atom stereocenters. The summed E-state index contributed by atoms with van der Waals surface area (Å²) in [4.78, 5) is 116. The minimum Gasteiger partial charge on any atom is -0.463 e. The first-order valence-electron chi connectivity index (χ1n) is 14.2. The van der Waals surface area contributed by atoms with Gasteiger partial charge in [-0.25, -0.2) is 24.0 Å². The van der Waals surface area contributed by atoms with E-state index in [2.05, 4.69) is 19.8 Å². The first kappa shape index (κ1) is 41.7. The van der Waals surface area contributed by atoms with Crippen molar-refractivity contribution in [2.24, 2.45) is 0 Å². The number of hydrogen-bond acceptors (Lipinski definition) is 20. The molecule has 24 nitrogen and oxygen atoms in total. The largest absolute Gasteiger partial charge is 0.463 e. The Labute approximate surface area is 280 Å². The molecule has 1 amide bonds. The summed E-state index contributed by atoms with van der Waals surface area (Å²) in [6.45, 7) is 0.859. The summed E-state index contributed by atoms with van der Waals surface area (Å²) in [5, 5.41) is 29.6. The first-order chi connectivity index (χ1) is 23.5. The van der Waals surface area contributed by atoms with Crippen molar-refractivity contribution in [1.29, 1.82) is 0 Å². The third kappa shape index (κ3) is 17.5. The average Bonchev–Trinajstić information content (AvgIpc) is 3.03. The summed E-state index contributed by atoms with van der Waals surface area (Å²) < 4.78 is 24.4. The normalized spacial score (nSPS) is 12.7. The molecule has 1 rings (SSSR count). The average molecular weight is 721 g/mol. The third-order valence-electron chi connectivity index (χ3n) is 5.66. The molecule has 0 spiro atoms. The minimum absolute atomic E-state index is 0.0713. The number of benzene rings is 1. The Morgan fingerprint density at radius 3 is 1.88 bits per heavy atom. The minimum atomic E-state index is -1.61. The number of amides is 1. The number of hydrogen-bond donors (Lipinski definition) is 1. The zero-order valence-electron chi connectivity index (χ0n) is 26.6. The van der Waals surface area contributed by atoms with Crippen molar-refractivity contribution in [2.75, 3.05) is 26.4 Å². The lowest BCUT2D eigenvalue weighted by Crippen LogP contribution is -2.45. The molecule has 276 valence electrons. The molecular formula is C26H32N4O20. The summed E-state index contributed by atoms with van der Waals surface area (Å²) >= 11 is 0. The van der Waals surface area contributed by atoms with Crippen LogP contribution >= 0.6 is 0 Å². The molecule has 1 N–H and O–H groups in total. The lowest BCUT2D eigenvalue weighted by Gasteiger charge is -2.18. The predicted octanol–water partition coefficient (Wildman–Crippen LogP) is -0.637. The van der Waals surface area contributed by atoms with Crippen LogP contribution in [0.25, 0.3) is 0 Å². The highest BCUT2D eigenvalue weighted by Crippen LogP contribution is 2.16. The number of nitrogens with one attached hydrogen (secondary N) is 1. The van der Waals surface area contributed by atoms with Gasteiger partial charge in [0.2, 0.25) is 12.0 Å². The second kappa shape index (κ2) is 21.5. The van der Waals surface area contributed by atoms with Gasteiger partial charge in [0, 0.05) is 6.42 Å². The summed E-state index contributed by atoms with van der Waals surface area (Å²) in [6.07, 6.45) is -4.45. The van der Waals surface area contributed by atoms with Crippen molar-refractivity contribution < 1.29 is 82.2 Å². The zero-order chi connectivity index (χ0) is 37.8. The fourth-order valence-electron chi connectivity index (χ4n) is 3.30. The number of carbonyl (C=O) groups excluding carboxylic acids is 6. The Morgan fingerprint density at radius 2 is 1.28 bits per heavy atom. The molecule has 0 radical (unpaired) electrons. The van der Waals surface area contributed by atoms with Gasteiger partial charge in [-0.2, -0.15) is 0 Å². The van der Waals surface area contributed by atoms with Crippen LogP contribution in [-0.4, -0.2) is 102 Å². The van der Waals surface area contributed by atoms with E-state index in [1.54, 1.807) is 0 Å². The molecule has 0 aliphatic heterocycles. The van der Waals surface area contributed by atoms with Crippen molar-refractivity contribution in [3.05, 3.63) is 60.2 Å². The Morgan fingerprint density at radius 1 is 0.680 bits per heavy atom.